The Bertz CT molecular complexity index is 1060. The topological polar surface area (TPSA) is 117 Å². The number of phenolic OH excluding ortho intramolecular Hbond substituents is 1. The van der Waals surface area contributed by atoms with Gasteiger partial charge in [-0.2, -0.15) is 0 Å². The molecule has 0 aliphatic carbocycles. The molecule has 9 heteroatoms. The third-order valence-electron chi connectivity index (χ3n) is 5.59. The molecule has 0 fully saturated rings. The minimum atomic E-state index is -1.13. The van der Waals surface area contributed by atoms with E-state index >= 15 is 0 Å². The number of carbonyl (C=O) groups is 3. The molecule has 1 atom stereocenters. The van der Waals surface area contributed by atoms with Crippen molar-refractivity contribution < 1.29 is 29.0 Å². The molecule has 0 radical (unpaired) electrons. The second-order valence-corrected chi connectivity index (χ2v) is 9.78. The number of aromatic hydroxyl groups is 1. The number of anilines is 1. The highest BCUT2D eigenvalue weighted by Crippen LogP contribution is 2.33. The number of unbranched alkanes of at least 4 members (excludes halogenated alkanes) is 2. The average Bonchev–Trinajstić information content (AvgIpc) is 2.83. The van der Waals surface area contributed by atoms with E-state index in [1.807, 2.05) is 6.92 Å². The van der Waals surface area contributed by atoms with Crippen LogP contribution in [0.3, 0.4) is 0 Å². The number of benzene rings is 2. The standard InChI is InChI=1S/C28H39N3O6/c1-7-8-9-17-31(23(32)18-29-27(35)37-28(3,4)5)24(22-12-10-11-19(2)25(22)33)26(34)30-20-13-15-21(36-6)16-14-20/h10-16,24,33H,7-9,17-18H2,1-6H3,(H,29,35)(H,30,34). The Morgan fingerprint density at radius 1 is 1.05 bits per heavy atom. The van der Waals surface area contributed by atoms with Gasteiger partial charge in [0.25, 0.3) is 5.91 Å². The molecule has 9 nitrogen and oxygen atoms in total. The molecule has 3 N–H and O–H groups in total. The van der Waals surface area contributed by atoms with Crippen LogP contribution in [0.25, 0.3) is 0 Å². The summed E-state index contributed by atoms with van der Waals surface area (Å²) >= 11 is 0. The number of alkyl carbamates (subject to hydrolysis) is 1. The summed E-state index contributed by atoms with van der Waals surface area (Å²) in [6, 6.07) is 10.8. The zero-order chi connectivity index (χ0) is 27.6. The van der Waals surface area contributed by atoms with Gasteiger partial charge >= 0.3 is 6.09 Å². The molecule has 1 unspecified atom stereocenters. The second-order valence-electron chi connectivity index (χ2n) is 9.78. The van der Waals surface area contributed by atoms with E-state index in [-0.39, 0.29) is 18.8 Å². The van der Waals surface area contributed by atoms with E-state index in [1.165, 1.54) is 4.90 Å². The molecular weight excluding hydrogens is 474 g/mol. The lowest BCUT2D eigenvalue weighted by Gasteiger charge is -2.32. The number of amides is 3. The Morgan fingerprint density at radius 2 is 1.73 bits per heavy atom. The van der Waals surface area contributed by atoms with Gasteiger partial charge in [-0.3, -0.25) is 9.59 Å². The van der Waals surface area contributed by atoms with Gasteiger partial charge in [0.15, 0.2) is 0 Å². The van der Waals surface area contributed by atoms with Crippen LogP contribution in [0.15, 0.2) is 42.5 Å². The largest absolute Gasteiger partial charge is 0.507 e. The molecule has 37 heavy (non-hydrogen) atoms. The number of phenols is 1. The van der Waals surface area contributed by atoms with Gasteiger partial charge in [0.2, 0.25) is 5.91 Å². The Morgan fingerprint density at radius 3 is 2.32 bits per heavy atom. The number of nitrogens with zero attached hydrogens (tertiary/aromatic N) is 1. The van der Waals surface area contributed by atoms with Crippen LogP contribution < -0.4 is 15.4 Å². The highest BCUT2D eigenvalue weighted by atomic mass is 16.6. The van der Waals surface area contributed by atoms with Gasteiger partial charge in [-0.15, -0.1) is 0 Å². The number of para-hydroxylation sites is 1. The van der Waals surface area contributed by atoms with Crippen LogP contribution in [-0.2, 0) is 14.3 Å². The molecule has 3 amide bonds. The predicted octanol–water partition coefficient (Wildman–Crippen LogP) is 4.93. The smallest absolute Gasteiger partial charge is 0.408 e. The normalized spacial score (nSPS) is 11.8. The fourth-order valence-electron chi connectivity index (χ4n) is 3.73. The number of nitrogens with one attached hydrogen (secondary N) is 2. The molecule has 0 spiro atoms. The van der Waals surface area contributed by atoms with Crippen molar-refractivity contribution in [2.45, 2.75) is 65.5 Å². The summed E-state index contributed by atoms with van der Waals surface area (Å²) in [4.78, 5) is 40.7. The molecule has 0 aliphatic heterocycles. The Balaban J connectivity index is 2.41. The average molecular weight is 514 g/mol. The Labute approximate surface area is 219 Å². The second kappa shape index (κ2) is 13.5. The van der Waals surface area contributed by atoms with Crippen LogP contribution in [0.4, 0.5) is 10.5 Å². The Kier molecular flexibility index (Phi) is 10.8. The van der Waals surface area contributed by atoms with Gasteiger partial charge in [0.05, 0.1) is 7.11 Å². The van der Waals surface area contributed by atoms with Crippen molar-refractivity contribution >= 4 is 23.6 Å². The summed E-state index contributed by atoms with van der Waals surface area (Å²) in [7, 11) is 1.55. The fourth-order valence-corrected chi connectivity index (χ4v) is 3.73. The summed E-state index contributed by atoms with van der Waals surface area (Å²) in [5, 5.41) is 16.2. The number of carbonyl (C=O) groups excluding carboxylic acids is 3. The van der Waals surface area contributed by atoms with Gasteiger partial charge < -0.3 is 30.1 Å². The number of methoxy groups -OCH3 is 1. The van der Waals surface area contributed by atoms with Crippen LogP contribution in [0.5, 0.6) is 11.5 Å². The summed E-state index contributed by atoms with van der Waals surface area (Å²) in [5.41, 5.74) is 0.665. The Hall–Kier alpha value is -3.75. The van der Waals surface area contributed by atoms with Gasteiger partial charge in [-0.1, -0.05) is 38.0 Å². The van der Waals surface area contributed by atoms with Crippen molar-refractivity contribution in [2.24, 2.45) is 0 Å². The molecule has 0 saturated heterocycles. The molecule has 202 valence electrons. The maximum atomic E-state index is 13.7. The van der Waals surface area contributed by atoms with Crippen LogP contribution in [0.2, 0.25) is 0 Å². The van der Waals surface area contributed by atoms with Crippen LogP contribution >= 0.6 is 0 Å². The van der Waals surface area contributed by atoms with Crippen molar-refractivity contribution in [1.82, 2.24) is 10.2 Å². The highest BCUT2D eigenvalue weighted by molar-refractivity contribution is 5.98. The van der Waals surface area contributed by atoms with E-state index in [4.69, 9.17) is 9.47 Å². The summed E-state index contributed by atoms with van der Waals surface area (Å²) in [6.45, 7) is 8.85. The summed E-state index contributed by atoms with van der Waals surface area (Å²) in [6.07, 6.45) is 1.67. The van der Waals surface area contributed by atoms with Crippen molar-refractivity contribution in [3.05, 3.63) is 53.6 Å². The van der Waals surface area contributed by atoms with Gasteiger partial charge in [0, 0.05) is 17.8 Å². The van der Waals surface area contributed by atoms with Gasteiger partial charge in [-0.25, -0.2) is 4.79 Å². The lowest BCUT2D eigenvalue weighted by Crippen LogP contribution is -2.47. The molecule has 2 aromatic rings. The minimum absolute atomic E-state index is 0.0641. The molecule has 2 aromatic carbocycles. The number of hydrogen-bond acceptors (Lipinski definition) is 6. The van der Waals surface area contributed by atoms with E-state index in [0.29, 0.717) is 29.0 Å². The third-order valence-corrected chi connectivity index (χ3v) is 5.59. The maximum absolute atomic E-state index is 13.7. The third kappa shape index (κ3) is 9.00. The molecule has 2 rings (SSSR count). The van der Waals surface area contributed by atoms with Gasteiger partial charge in [0.1, 0.15) is 29.7 Å². The molecule has 0 aliphatic rings. The number of aryl methyl sites for hydroxylation is 1. The monoisotopic (exact) mass is 513 g/mol. The maximum Gasteiger partial charge on any atom is 0.408 e. The first-order valence-electron chi connectivity index (χ1n) is 12.5. The van der Waals surface area contributed by atoms with Gasteiger partial charge in [-0.05, 0) is 63.9 Å². The highest BCUT2D eigenvalue weighted by Gasteiger charge is 2.34. The minimum Gasteiger partial charge on any atom is -0.507 e. The lowest BCUT2D eigenvalue weighted by atomic mass is 9.99. The van der Waals surface area contributed by atoms with E-state index in [2.05, 4.69) is 10.6 Å². The SMILES string of the molecule is CCCCCN(C(=O)CNC(=O)OC(C)(C)C)C(C(=O)Nc1ccc(OC)cc1)c1cccc(C)c1O. The number of hydrogen-bond donors (Lipinski definition) is 3. The predicted molar refractivity (Wildman–Crippen MR) is 143 cm³/mol. The molecule has 0 aromatic heterocycles. The molecular formula is C28H39N3O6. The first kappa shape index (κ1) is 29.5. The molecule has 0 bridgehead atoms. The zero-order valence-electron chi connectivity index (χ0n) is 22.6. The molecule has 0 heterocycles. The van der Waals surface area contributed by atoms with Crippen molar-refractivity contribution in [3.63, 3.8) is 0 Å². The number of rotatable bonds is 11. The summed E-state index contributed by atoms with van der Waals surface area (Å²) < 4.78 is 10.4. The first-order chi connectivity index (χ1) is 17.5. The van der Waals surface area contributed by atoms with E-state index in [9.17, 15) is 19.5 Å². The fraction of sp³-hybridized carbons (Fsp3) is 0.464. The van der Waals surface area contributed by atoms with Crippen molar-refractivity contribution in [3.8, 4) is 11.5 Å². The number of ether oxygens (including phenoxy) is 2. The quantitative estimate of drug-likeness (QED) is 0.367. The van der Waals surface area contributed by atoms with Crippen molar-refractivity contribution in [1.29, 1.82) is 0 Å². The van der Waals surface area contributed by atoms with Crippen molar-refractivity contribution in [2.75, 3.05) is 25.5 Å². The van der Waals surface area contributed by atoms with Crippen LogP contribution in [0.1, 0.15) is 64.1 Å². The van der Waals surface area contributed by atoms with Crippen LogP contribution in [0, 0.1) is 6.92 Å². The zero-order valence-corrected chi connectivity index (χ0v) is 22.6. The summed E-state index contributed by atoms with van der Waals surface area (Å²) in [5.74, 6) is -0.396. The molecule has 0 saturated carbocycles. The first-order valence-corrected chi connectivity index (χ1v) is 12.5. The lowest BCUT2D eigenvalue weighted by molar-refractivity contribution is -0.138. The van der Waals surface area contributed by atoms with E-state index in [1.54, 1.807) is 77.3 Å². The van der Waals surface area contributed by atoms with E-state index in [0.717, 1.165) is 12.8 Å². The van der Waals surface area contributed by atoms with Crippen LogP contribution in [-0.4, -0.2) is 53.7 Å². The van der Waals surface area contributed by atoms with E-state index < -0.39 is 29.6 Å².